The molecule has 1 aromatic heterocycles. The molecule has 0 spiro atoms. The third-order valence-corrected chi connectivity index (χ3v) is 4.45. The number of ether oxygens (including phenoxy) is 1. The lowest BCUT2D eigenvalue weighted by molar-refractivity contribution is -0.115. The predicted molar refractivity (Wildman–Crippen MR) is 101 cm³/mol. The monoisotopic (exact) mass is 403 g/mol. The van der Waals surface area contributed by atoms with Crippen LogP contribution in [0, 0.1) is 11.6 Å². The number of halogens is 2. The first-order chi connectivity index (χ1) is 13.5. The molecule has 0 fully saturated rings. The Labute approximate surface area is 163 Å². The van der Waals surface area contributed by atoms with Gasteiger partial charge in [-0.1, -0.05) is 6.07 Å². The lowest BCUT2D eigenvalue weighted by atomic mass is 10.1. The molecule has 0 aliphatic heterocycles. The van der Waals surface area contributed by atoms with E-state index in [0.717, 1.165) is 17.4 Å². The SMILES string of the molecule is COc1ccc(-c2csc(NC(=O)CNC(=O)c3cccc(F)c3)n2)cc1F. The zero-order valence-corrected chi connectivity index (χ0v) is 15.5. The van der Waals surface area contributed by atoms with Crippen molar-refractivity contribution in [2.75, 3.05) is 19.0 Å². The number of hydrogen-bond acceptors (Lipinski definition) is 5. The summed E-state index contributed by atoms with van der Waals surface area (Å²) in [5.41, 5.74) is 1.14. The molecule has 3 rings (SSSR count). The van der Waals surface area contributed by atoms with E-state index in [0.29, 0.717) is 16.4 Å². The number of nitrogens with zero attached hydrogens (tertiary/aromatic N) is 1. The van der Waals surface area contributed by atoms with Crippen molar-refractivity contribution in [1.82, 2.24) is 10.3 Å². The molecule has 0 saturated carbocycles. The van der Waals surface area contributed by atoms with Gasteiger partial charge in [-0.15, -0.1) is 11.3 Å². The smallest absolute Gasteiger partial charge is 0.251 e. The average molecular weight is 403 g/mol. The van der Waals surface area contributed by atoms with Crippen molar-refractivity contribution in [2.24, 2.45) is 0 Å². The number of aromatic nitrogens is 1. The molecular weight excluding hydrogens is 388 g/mol. The summed E-state index contributed by atoms with van der Waals surface area (Å²) in [4.78, 5) is 28.1. The first-order valence-electron chi connectivity index (χ1n) is 8.09. The Balaban J connectivity index is 1.58. The summed E-state index contributed by atoms with van der Waals surface area (Å²) in [5.74, 6) is -1.99. The summed E-state index contributed by atoms with van der Waals surface area (Å²) < 4.78 is 31.8. The number of benzene rings is 2. The third-order valence-electron chi connectivity index (χ3n) is 3.69. The van der Waals surface area contributed by atoms with Gasteiger partial charge in [0.2, 0.25) is 5.91 Å². The van der Waals surface area contributed by atoms with Crippen molar-refractivity contribution < 1.29 is 23.1 Å². The van der Waals surface area contributed by atoms with E-state index in [1.807, 2.05) is 0 Å². The second-order valence-electron chi connectivity index (χ2n) is 5.63. The van der Waals surface area contributed by atoms with E-state index >= 15 is 0 Å². The first-order valence-corrected chi connectivity index (χ1v) is 8.97. The van der Waals surface area contributed by atoms with Crippen LogP contribution in [0.15, 0.2) is 47.8 Å². The van der Waals surface area contributed by atoms with E-state index in [-0.39, 0.29) is 17.9 Å². The summed E-state index contributed by atoms with van der Waals surface area (Å²) >= 11 is 1.16. The third kappa shape index (κ3) is 4.68. The molecule has 2 amide bonds. The fourth-order valence-corrected chi connectivity index (χ4v) is 3.08. The highest BCUT2D eigenvalue weighted by atomic mass is 32.1. The summed E-state index contributed by atoms with van der Waals surface area (Å²) in [6.07, 6.45) is 0. The summed E-state index contributed by atoms with van der Waals surface area (Å²) in [7, 11) is 1.38. The fourth-order valence-electron chi connectivity index (χ4n) is 2.35. The Morgan fingerprint density at radius 2 is 2.00 bits per heavy atom. The van der Waals surface area contributed by atoms with Crippen molar-refractivity contribution in [1.29, 1.82) is 0 Å². The van der Waals surface area contributed by atoms with E-state index < -0.39 is 23.4 Å². The zero-order valence-electron chi connectivity index (χ0n) is 14.7. The van der Waals surface area contributed by atoms with Crippen molar-refractivity contribution in [3.63, 3.8) is 0 Å². The molecular formula is C19H15F2N3O3S. The molecule has 2 aromatic carbocycles. The number of methoxy groups -OCH3 is 1. The van der Waals surface area contributed by atoms with Gasteiger partial charge < -0.3 is 15.4 Å². The molecule has 0 saturated heterocycles. The highest BCUT2D eigenvalue weighted by Crippen LogP contribution is 2.28. The van der Waals surface area contributed by atoms with Crippen molar-refractivity contribution in [3.8, 4) is 17.0 Å². The Kier molecular flexibility index (Phi) is 5.95. The fraction of sp³-hybridized carbons (Fsp3) is 0.105. The molecule has 0 unspecified atom stereocenters. The number of carbonyl (C=O) groups excluding carboxylic acids is 2. The molecule has 1 heterocycles. The van der Waals surface area contributed by atoms with Crippen molar-refractivity contribution in [3.05, 3.63) is 65.0 Å². The van der Waals surface area contributed by atoms with Gasteiger partial charge >= 0.3 is 0 Å². The number of rotatable bonds is 6. The Morgan fingerprint density at radius 3 is 2.71 bits per heavy atom. The predicted octanol–water partition coefficient (Wildman–Crippen LogP) is 3.47. The number of thiazole rings is 1. The number of hydrogen-bond donors (Lipinski definition) is 2. The van der Waals surface area contributed by atoms with Gasteiger partial charge in [0.05, 0.1) is 19.3 Å². The lowest BCUT2D eigenvalue weighted by Gasteiger charge is -2.05. The normalized spacial score (nSPS) is 10.4. The second-order valence-corrected chi connectivity index (χ2v) is 6.49. The number of anilines is 1. The molecule has 0 atom stereocenters. The van der Waals surface area contributed by atoms with Crippen LogP contribution in [0.3, 0.4) is 0 Å². The summed E-state index contributed by atoms with van der Waals surface area (Å²) in [5, 5.41) is 6.92. The minimum absolute atomic E-state index is 0.117. The van der Waals surface area contributed by atoms with Crippen LogP contribution in [0.5, 0.6) is 5.75 Å². The average Bonchev–Trinajstić information content (AvgIpc) is 3.14. The number of amides is 2. The standard InChI is InChI=1S/C19H15F2N3O3S/c1-27-16-6-5-11(8-14(16)21)15-10-28-19(23-15)24-17(25)9-22-18(26)12-3-2-4-13(20)7-12/h2-8,10H,9H2,1H3,(H,22,26)(H,23,24,25). The molecule has 2 N–H and O–H groups in total. The second kappa shape index (κ2) is 8.57. The largest absolute Gasteiger partial charge is 0.494 e. The molecule has 6 nitrogen and oxygen atoms in total. The van der Waals surface area contributed by atoms with Crippen LogP contribution in [-0.2, 0) is 4.79 Å². The Hall–Kier alpha value is -3.33. The summed E-state index contributed by atoms with van der Waals surface area (Å²) in [6, 6.07) is 9.58. The lowest BCUT2D eigenvalue weighted by Crippen LogP contribution is -2.32. The van der Waals surface area contributed by atoms with Crippen LogP contribution in [0.25, 0.3) is 11.3 Å². The van der Waals surface area contributed by atoms with Gasteiger partial charge in [-0.05, 0) is 36.4 Å². The maximum absolute atomic E-state index is 13.8. The van der Waals surface area contributed by atoms with E-state index in [9.17, 15) is 18.4 Å². The number of nitrogens with one attached hydrogen (secondary N) is 2. The zero-order chi connectivity index (χ0) is 20.1. The molecule has 9 heteroatoms. The van der Waals surface area contributed by atoms with Gasteiger partial charge in [0.15, 0.2) is 16.7 Å². The highest BCUT2D eigenvalue weighted by Gasteiger charge is 2.12. The minimum Gasteiger partial charge on any atom is -0.494 e. The maximum atomic E-state index is 13.8. The van der Waals surface area contributed by atoms with E-state index in [4.69, 9.17) is 4.74 Å². The van der Waals surface area contributed by atoms with E-state index in [1.165, 1.54) is 37.4 Å². The van der Waals surface area contributed by atoms with Crippen LogP contribution < -0.4 is 15.4 Å². The molecule has 0 aliphatic carbocycles. The molecule has 0 radical (unpaired) electrons. The topological polar surface area (TPSA) is 80.3 Å². The van der Waals surface area contributed by atoms with E-state index in [1.54, 1.807) is 11.4 Å². The number of carbonyl (C=O) groups is 2. The maximum Gasteiger partial charge on any atom is 0.251 e. The first kappa shape index (κ1) is 19.4. The molecule has 3 aromatic rings. The quantitative estimate of drug-likeness (QED) is 0.661. The van der Waals surface area contributed by atoms with Gasteiger partial charge in [0.25, 0.3) is 5.91 Å². The Morgan fingerprint density at radius 1 is 1.18 bits per heavy atom. The van der Waals surface area contributed by atoms with Gasteiger partial charge in [-0.2, -0.15) is 0 Å². The van der Waals surface area contributed by atoms with Gasteiger partial charge in [-0.3, -0.25) is 9.59 Å². The van der Waals surface area contributed by atoms with Crippen molar-refractivity contribution in [2.45, 2.75) is 0 Å². The molecule has 28 heavy (non-hydrogen) atoms. The minimum atomic E-state index is -0.566. The van der Waals surface area contributed by atoms with Crippen molar-refractivity contribution >= 4 is 28.3 Å². The van der Waals surface area contributed by atoms with Crippen LogP contribution in [0.1, 0.15) is 10.4 Å². The van der Waals surface area contributed by atoms with Crippen LogP contribution >= 0.6 is 11.3 Å². The van der Waals surface area contributed by atoms with Gasteiger partial charge in [0, 0.05) is 16.5 Å². The van der Waals surface area contributed by atoms with Crippen LogP contribution in [-0.4, -0.2) is 30.5 Å². The van der Waals surface area contributed by atoms with Crippen LogP contribution in [0.2, 0.25) is 0 Å². The highest BCUT2D eigenvalue weighted by molar-refractivity contribution is 7.14. The molecule has 0 bridgehead atoms. The van der Waals surface area contributed by atoms with Crippen LogP contribution in [0.4, 0.5) is 13.9 Å². The molecule has 144 valence electrons. The molecule has 0 aliphatic rings. The van der Waals surface area contributed by atoms with Gasteiger partial charge in [-0.25, -0.2) is 13.8 Å². The Bertz CT molecular complexity index is 1020. The van der Waals surface area contributed by atoms with E-state index in [2.05, 4.69) is 15.6 Å². The van der Waals surface area contributed by atoms with Gasteiger partial charge in [0.1, 0.15) is 5.82 Å². The summed E-state index contributed by atoms with van der Waals surface area (Å²) in [6.45, 7) is -0.304.